The van der Waals surface area contributed by atoms with Crippen LogP contribution in [0.4, 0.5) is 10.5 Å². The lowest BCUT2D eigenvalue weighted by atomic mass is 9.83. The number of carbonyl (C=O) groups excluding carboxylic acids is 4. The molecule has 4 rings (SSSR count). The van der Waals surface area contributed by atoms with Crippen molar-refractivity contribution in [1.29, 1.82) is 0 Å². The number of carbonyl (C=O) groups is 4. The highest BCUT2D eigenvalue weighted by atomic mass is 35.5. The molecule has 8 unspecified atom stereocenters. The molecule has 3 heterocycles. The van der Waals surface area contributed by atoms with Gasteiger partial charge in [-0.25, -0.2) is 9.59 Å². The Labute approximate surface area is 286 Å². The molecule has 2 fully saturated rings. The van der Waals surface area contributed by atoms with E-state index in [0.717, 1.165) is 11.1 Å². The van der Waals surface area contributed by atoms with Gasteiger partial charge < -0.3 is 38.6 Å². The number of aliphatic hydroxyl groups is 1. The highest BCUT2D eigenvalue weighted by Gasteiger charge is 2.64. The molecule has 13 nitrogen and oxygen atoms in total. The molecule has 4 bridgehead atoms. The topological polar surface area (TPSA) is 156 Å². The molecule has 1 aromatic rings. The summed E-state index contributed by atoms with van der Waals surface area (Å²) >= 11 is 6.71. The van der Waals surface area contributed by atoms with E-state index in [0.29, 0.717) is 17.9 Å². The Morgan fingerprint density at radius 3 is 2.56 bits per heavy atom. The van der Waals surface area contributed by atoms with Crippen molar-refractivity contribution in [1.82, 2.24) is 10.2 Å². The van der Waals surface area contributed by atoms with E-state index in [-0.39, 0.29) is 23.8 Å². The van der Waals surface area contributed by atoms with Crippen molar-refractivity contribution in [3.63, 3.8) is 0 Å². The van der Waals surface area contributed by atoms with Crippen LogP contribution in [0.2, 0.25) is 5.02 Å². The van der Waals surface area contributed by atoms with Crippen LogP contribution in [0.25, 0.3) is 0 Å². The van der Waals surface area contributed by atoms with Crippen molar-refractivity contribution < 1.29 is 48.0 Å². The first-order valence-electron chi connectivity index (χ1n) is 15.8. The highest BCUT2D eigenvalue weighted by Crippen LogP contribution is 2.49. The second kappa shape index (κ2) is 14.5. The van der Waals surface area contributed by atoms with Gasteiger partial charge in [0.2, 0.25) is 11.8 Å². The normalized spacial score (nSPS) is 33.2. The minimum absolute atomic E-state index is 0.0436. The SMILES string of the molecule is COc1cc2cc(c1Cl)N(C)C(=O)CC(OC(=O)C(C)N(C)C(C)=O)C1(C)OC1C(C)C1CC(O)(NC(=O)O1)C(OC)/C=C/C=C(/C)C2. The molecule has 3 aliphatic heterocycles. The van der Waals surface area contributed by atoms with Gasteiger partial charge in [-0.3, -0.25) is 14.9 Å². The number of nitrogens with zero attached hydrogens (tertiary/aromatic N) is 2. The lowest BCUT2D eigenvalue weighted by Gasteiger charge is -2.42. The molecular formula is C34H46ClN3O10. The van der Waals surface area contributed by atoms with Gasteiger partial charge in [-0.05, 0) is 44.9 Å². The monoisotopic (exact) mass is 691 g/mol. The van der Waals surface area contributed by atoms with Gasteiger partial charge in [0, 0.05) is 40.5 Å². The number of likely N-dealkylation sites (N-methyl/N-ethyl adjacent to an activating group) is 1. The van der Waals surface area contributed by atoms with Crippen LogP contribution in [0.1, 0.15) is 53.0 Å². The predicted molar refractivity (Wildman–Crippen MR) is 177 cm³/mol. The van der Waals surface area contributed by atoms with Crippen molar-refractivity contribution >= 4 is 41.2 Å². The second-order valence-corrected chi connectivity index (χ2v) is 13.4. The number of nitrogens with one attached hydrogen (secondary N) is 1. The molecule has 0 aliphatic carbocycles. The van der Waals surface area contributed by atoms with Crippen LogP contribution in [-0.4, -0.2) is 104 Å². The van der Waals surface area contributed by atoms with Gasteiger partial charge in [-0.1, -0.05) is 42.3 Å². The first kappa shape index (κ1) is 37.2. The van der Waals surface area contributed by atoms with Crippen molar-refractivity contribution in [3.05, 3.63) is 46.5 Å². The van der Waals surface area contributed by atoms with Crippen molar-refractivity contribution in [2.45, 2.75) is 95.7 Å². The average Bonchev–Trinajstić information content (AvgIpc) is 3.73. The van der Waals surface area contributed by atoms with Gasteiger partial charge in [0.1, 0.15) is 40.7 Å². The molecule has 0 aromatic heterocycles. The second-order valence-electron chi connectivity index (χ2n) is 13.0. The van der Waals surface area contributed by atoms with Crippen molar-refractivity contribution in [2.75, 3.05) is 33.2 Å². The maximum absolute atomic E-state index is 14.0. The van der Waals surface area contributed by atoms with Gasteiger partial charge in [0.25, 0.3) is 0 Å². The molecule has 0 saturated carbocycles. The third kappa shape index (κ3) is 7.64. The Morgan fingerprint density at radius 1 is 1.25 bits per heavy atom. The van der Waals surface area contributed by atoms with E-state index in [1.165, 1.54) is 44.9 Å². The lowest BCUT2D eigenvalue weighted by Crippen LogP contribution is -2.63. The minimum Gasteiger partial charge on any atom is -0.495 e. The van der Waals surface area contributed by atoms with Crippen LogP contribution < -0.4 is 15.0 Å². The van der Waals surface area contributed by atoms with E-state index in [1.54, 1.807) is 45.2 Å². The number of anilines is 1. The summed E-state index contributed by atoms with van der Waals surface area (Å²) in [6.45, 7) is 8.29. The zero-order chi connectivity index (χ0) is 35.7. The third-order valence-electron chi connectivity index (χ3n) is 9.63. The van der Waals surface area contributed by atoms with Crippen LogP contribution >= 0.6 is 11.6 Å². The Bertz CT molecular complexity index is 1500. The summed E-state index contributed by atoms with van der Waals surface area (Å²) < 4.78 is 28.9. The van der Waals surface area contributed by atoms with E-state index in [1.807, 2.05) is 13.0 Å². The van der Waals surface area contributed by atoms with Crippen molar-refractivity contribution in [2.24, 2.45) is 5.92 Å². The number of fused-ring (bicyclic) bond motifs is 5. The summed E-state index contributed by atoms with van der Waals surface area (Å²) in [5, 5.41) is 14.4. The summed E-state index contributed by atoms with van der Waals surface area (Å²) in [7, 11) is 5.97. The number of hydrogen-bond donors (Lipinski definition) is 2. The average molecular weight is 692 g/mol. The van der Waals surface area contributed by atoms with Crippen LogP contribution in [0.15, 0.2) is 35.9 Å². The fourth-order valence-electron chi connectivity index (χ4n) is 6.27. The van der Waals surface area contributed by atoms with Gasteiger partial charge in [0.15, 0.2) is 5.72 Å². The smallest absolute Gasteiger partial charge is 0.409 e. The number of alkyl carbamates (subject to hydrolysis) is 1. The van der Waals surface area contributed by atoms with Gasteiger partial charge in [0.05, 0.1) is 25.3 Å². The zero-order valence-electron chi connectivity index (χ0n) is 28.9. The molecule has 48 heavy (non-hydrogen) atoms. The van der Waals surface area contributed by atoms with Gasteiger partial charge >= 0.3 is 12.1 Å². The van der Waals surface area contributed by atoms with Gasteiger partial charge in [-0.15, -0.1) is 0 Å². The highest BCUT2D eigenvalue weighted by molar-refractivity contribution is 6.35. The molecule has 3 amide bonds. The molecule has 2 saturated heterocycles. The molecule has 14 heteroatoms. The predicted octanol–water partition coefficient (Wildman–Crippen LogP) is 3.53. The molecule has 264 valence electrons. The first-order valence-corrected chi connectivity index (χ1v) is 16.2. The number of esters is 1. The Kier molecular flexibility index (Phi) is 11.2. The number of allylic oxidation sites excluding steroid dienone is 3. The van der Waals surface area contributed by atoms with E-state index in [4.69, 9.17) is 35.3 Å². The molecule has 0 spiro atoms. The number of ether oxygens (including phenoxy) is 5. The number of epoxide rings is 1. The molecular weight excluding hydrogens is 646 g/mol. The molecule has 3 aliphatic rings. The van der Waals surface area contributed by atoms with E-state index in [9.17, 15) is 24.3 Å². The van der Waals surface area contributed by atoms with E-state index in [2.05, 4.69) is 5.32 Å². The molecule has 0 radical (unpaired) electrons. The number of amides is 3. The third-order valence-corrected chi connectivity index (χ3v) is 10.0. The summed E-state index contributed by atoms with van der Waals surface area (Å²) in [5.74, 6) is -1.63. The number of methoxy groups -OCH3 is 2. The van der Waals surface area contributed by atoms with Crippen LogP contribution in [0.3, 0.4) is 0 Å². The van der Waals surface area contributed by atoms with Crippen LogP contribution in [0, 0.1) is 5.92 Å². The standard InChI is InChI=1S/C34H46ClN3O10/c1-18-11-10-12-26(45-9)34(43)17-25(46-32(42)36-34)19(2)30-33(5,48-30)27(47-31(41)20(3)37(6)21(4)39)16-28(40)38(7)23-14-22(13-18)15-24(44-8)29(23)35/h10-12,14-15,19-20,25-27,30,43H,13,16-17H2,1-9H3,(H,36,42)/b12-10+,18-11-. The number of hydrogen-bond acceptors (Lipinski definition) is 10. The fourth-order valence-corrected chi connectivity index (χ4v) is 6.59. The number of rotatable bonds is 5. The maximum Gasteiger partial charge on any atom is 0.409 e. The maximum atomic E-state index is 14.0. The fraction of sp³-hybridized carbons (Fsp3) is 0.588. The Hall–Kier alpha value is -3.65. The van der Waals surface area contributed by atoms with Crippen LogP contribution in [0.5, 0.6) is 5.75 Å². The summed E-state index contributed by atoms with van der Waals surface area (Å²) in [5.41, 5.74) is -0.871. The van der Waals surface area contributed by atoms with E-state index >= 15 is 0 Å². The summed E-state index contributed by atoms with van der Waals surface area (Å²) in [6.07, 6.45) is 1.02. The largest absolute Gasteiger partial charge is 0.495 e. The lowest BCUT2D eigenvalue weighted by molar-refractivity contribution is -0.161. The van der Waals surface area contributed by atoms with Crippen molar-refractivity contribution in [3.8, 4) is 5.75 Å². The number of benzene rings is 1. The Balaban J connectivity index is 1.80. The minimum atomic E-state index is -1.81. The first-order chi connectivity index (χ1) is 22.4. The Morgan fingerprint density at radius 2 is 1.94 bits per heavy atom. The zero-order valence-corrected chi connectivity index (χ0v) is 29.6. The molecule has 8 atom stereocenters. The molecule has 2 N–H and O–H groups in total. The van der Waals surface area contributed by atoms with Gasteiger partial charge in [-0.2, -0.15) is 0 Å². The summed E-state index contributed by atoms with van der Waals surface area (Å²) in [6, 6.07) is 2.63. The summed E-state index contributed by atoms with van der Waals surface area (Å²) in [4.78, 5) is 54.7. The number of halogens is 1. The quantitative estimate of drug-likeness (QED) is 0.346. The van der Waals surface area contributed by atoms with Crippen LogP contribution in [-0.2, 0) is 39.8 Å². The van der Waals surface area contributed by atoms with E-state index < -0.39 is 65.7 Å². The molecule has 1 aromatic carbocycles.